The highest BCUT2D eigenvalue weighted by Gasteiger charge is 2.32. The van der Waals surface area contributed by atoms with Crippen molar-refractivity contribution in [2.75, 3.05) is 25.7 Å². The lowest BCUT2D eigenvalue weighted by atomic mass is 9.94. The van der Waals surface area contributed by atoms with E-state index in [1.54, 1.807) is 12.0 Å². The van der Waals surface area contributed by atoms with E-state index < -0.39 is 5.60 Å². The lowest BCUT2D eigenvalue weighted by Crippen LogP contribution is -2.39. The first-order chi connectivity index (χ1) is 12.6. The Balaban J connectivity index is 1.82. The standard InChI is InChI=1S/C21H30N2O4/c1-20(2,3)27-19(24)23-9-7-14(8-10-23)16-12-18-15(11-17(16)22-25-6)13-21(4,5)26-18/h7,11-12,22H,8-10,13H2,1-6H3. The summed E-state index contributed by atoms with van der Waals surface area (Å²) in [6, 6.07) is 4.18. The molecule has 2 aliphatic rings. The van der Waals surface area contributed by atoms with Gasteiger partial charge in [0.2, 0.25) is 0 Å². The normalized spacial score (nSPS) is 18.4. The van der Waals surface area contributed by atoms with E-state index in [1.165, 1.54) is 11.1 Å². The Bertz CT molecular complexity index is 762. The number of carbonyl (C=O) groups excluding carboxylic acids is 1. The molecule has 1 aromatic rings. The molecule has 0 fully saturated rings. The Morgan fingerprint density at radius 2 is 2.04 bits per heavy atom. The maximum atomic E-state index is 12.3. The van der Waals surface area contributed by atoms with Gasteiger partial charge in [0.1, 0.15) is 17.0 Å². The first kappa shape index (κ1) is 19.5. The monoisotopic (exact) mass is 374 g/mol. The lowest BCUT2D eigenvalue weighted by molar-refractivity contribution is 0.0270. The minimum Gasteiger partial charge on any atom is -0.487 e. The van der Waals surface area contributed by atoms with Gasteiger partial charge >= 0.3 is 6.09 Å². The molecule has 2 aliphatic heterocycles. The van der Waals surface area contributed by atoms with E-state index in [1.807, 2.05) is 20.8 Å². The molecule has 0 aromatic heterocycles. The fourth-order valence-corrected chi connectivity index (χ4v) is 3.52. The van der Waals surface area contributed by atoms with E-state index in [0.717, 1.165) is 29.8 Å². The number of rotatable bonds is 3. The third-order valence-electron chi connectivity index (χ3n) is 4.62. The van der Waals surface area contributed by atoms with Crippen molar-refractivity contribution in [2.45, 2.75) is 58.7 Å². The van der Waals surface area contributed by atoms with Crippen molar-refractivity contribution in [3.05, 3.63) is 29.3 Å². The molecule has 6 heteroatoms. The van der Waals surface area contributed by atoms with Crippen LogP contribution in [0.2, 0.25) is 0 Å². The second-order valence-corrected chi connectivity index (χ2v) is 8.76. The van der Waals surface area contributed by atoms with Crippen LogP contribution in [0.1, 0.15) is 52.2 Å². The molecule has 0 atom stereocenters. The average Bonchev–Trinajstić information content (AvgIpc) is 2.86. The van der Waals surface area contributed by atoms with Gasteiger partial charge in [0.05, 0.1) is 12.8 Å². The van der Waals surface area contributed by atoms with E-state index in [9.17, 15) is 4.79 Å². The molecule has 6 nitrogen and oxygen atoms in total. The van der Waals surface area contributed by atoms with Crippen LogP contribution in [0.5, 0.6) is 5.75 Å². The van der Waals surface area contributed by atoms with Crippen LogP contribution in [0.25, 0.3) is 5.57 Å². The van der Waals surface area contributed by atoms with Gasteiger partial charge in [-0.1, -0.05) is 6.08 Å². The van der Waals surface area contributed by atoms with Crippen molar-refractivity contribution in [3.8, 4) is 5.75 Å². The Morgan fingerprint density at radius 3 is 2.63 bits per heavy atom. The van der Waals surface area contributed by atoms with Crippen LogP contribution < -0.4 is 10.2 Å². The molecular weight excluding hydrogens is 344 g/mol. The number of benzene rings is 1. The molecule has 2 heterocycles. The van der Waals surface area contributed by atoms with E-state index >= 15 is 0 Å². The van der Waals surface area contributed by atoms with E-state index in [2.05, 4.69) is 37.5 Å². The molecule has 1 aromatic carbocycles. The van der Waals surface area contributed by atoms with Crippen molar-refractivity contribution >= 4 is 17.4 Å². The lowest BCUT2D eigenvalue weighted by Gasteiger charge is -2.30. The summed E-state index contributed by atoms with van der Waals surface area (Å²) >= 11 is 0. The van der Waals surface area contributed by atoms with Crippen LogP contribution in [0.3, 0.4) is 0 Å². The molecule has 3 rings (SSSR count). The second kappa shape index (κ2) is 7.08. The zero-order valence-electron chi connectivity index (χ0n) is 17.1. The molecule has 27 heavy (non-hydrogen) atoms. The van der Waals surface area contributed by atoms with Gasteiger partial charge in [-0.05, 0) is 58.7 Å². The van der Waals surface area contributed by atoms with Gasteiger partial charge in [-0.2, -0.15) is 0 Å². The van der Waals surface area contributed by atoms with Gasteiger partial charge in [-0.3, -0.25) is 10.3 Å². The molecule has 0 unspecified atom stereocenters. The van der Waals surface area contributed by atoms with Crippen molar-refractivity contribution in [1.82, 2.24) is 4.90 Å². The van der Waals surface area contributed by atoms with Gasteiger partial charge in [0.15, 0.2) is 0 Å². The Labute approximate surface area is 161 Å². The van der Waals surface area contributed by atoms with Crippen LogP contribution >= 0.6 is 0 Å². The number of hydrogen-bond acceptors (Lipinski definition) is 5. The molecule has 0 aliphatic carbocycles. The fraction of sp³-hybridized carbons (Fsp3) is 0.571. The number of anilines is 1. The van der Waals surface area contributed by atoms with Gasteiger partial charge in [0, 0.05) is 30.6 Å². The molecule has 0 saturated carbocycles. The Hall–Kier alpha value is -2.21. The number of ether oxygens (including phenoxy) is 2. The van der Waals surface area contributed by atoms with Gasteiger partial charge in [-0.25, -0.2) is 4.79 Å². The number of amides is 1. The van der Waals surface area contributed by atoms with E-state index in [-0.39, 0.29) is 11.7 Å². The highest BCUT2D eigenvalue weighted by atomic mass is 16.6. The smallest absolute Gasteiger partial charge is 0.410 e. The second-order valence-electron chi connectivity index (χ2n) is 8.76. The SMILES string of the molecule is CONc1cc2c(cc1C1=CCN(C(=O)OC(C)(C)C)CC1)OC(C)(C)C2. The molecule has 148 valence electrons. The van der Waals surface area contributed by atoms with E-state index in [4.69, 9.17) is 14.3 Å². The van der Waals surface area contributed by atoms with Crippen molar-refractivity contribution in [3.63, 3.8) is 0 Å². The topological polar surface area (TPSA) is 60.0 Å². The summed E-state index contributed by atoms with van der Waals surface area (Å²) in [4.78, 5) is 19.2. The third kappa shape index (κ3) is 4.56. The van der Waals surface area contributed by atoms with Crippen molar-refractivity contribution in [1.29, 1.82) is 0 Å². The maximum absolute atomic E-state index is 12.3. The van der Waals surface area contributed by atoms with E-state index in [0.29, 0.717) is 13.1 Å². The van der Waals surface area contributed by atoms with Gasteiger partial charge in [-0.15, -0.1) is 0 Å². The highest BCUT2D eigenvalue weighted by molar-refractivity contribution is 5.80. The summed E-state index contributed by atoms with van der Waals surface area (Å²) in [6.07, 6.45) is 3.43. The molecule has 0 spiro atoms. The van der Waals surface area contributed by atoms with Crippen LogP contribution in [0.15, 0.2) is 18.2 Å². The van der Waals surface area contributed by atoms with Gasteiger partial charge in [0.25, 0.3) is 0 Å². The molecule has 0 bridgehead atoms. The first-order valence-electron chi connectivity index (χ1n) is 9.40. The largest absolute Gasteiger partial charge is 0.487 e. The summed E-state index contributed by atoms with van der Waals surface area (Å²) in [5.41, 5.74) is 6.64. The quantitative estimate of drug-likeness (QED) is 0.795. The number of nitrogens with one attached hydrogen (secondary N) is 1. The first-order valence-corrected chi connectivity index (χ1v) is 9.40. The van der Waals surface area contributed by atoms with Crippen molar-refractivity contribution < 1.29 is 19.1 Å². The summed E-state index contributed by atoms with van der Waals surface area (Å²) in [5, 5.41) is 0. The number of fused-ring (bicyclic) bond motifs is 1. The highest BCUT2D eigenvalue weighted by Crippen LogP contribution is 2.41. The number of nitrogens with zero attached hydrogens (tertiary/aromatic N) is 1. The van der Waals surface area contributed by atoms with Crippen LogP contribution in [0, 0.1) is 0 Å². The molecule has 1 amide bonds. The van der Waals surface area contributed by atoms with Crippen LogP contribution in [-0.4, -0.2) is 42.4 Å². The fourth-order valence-electron chi connectivity index (χ4n) is 3.52. The average molecular weight is 374 g/mol. The predicted molar refractivity (Wildman–Crippen MR) is 106 cm³/mol. The Kier molecular flexibility index (Phi) is 5.12. The summed E-state index contributed by atoms with van der Waals surface area (Å²) < 4.78 is 11.6. The van der Waals surface area contributed by atoms with Gasteiger partial charge < -0.3 is 14.4 Å². The minimum absolute atomic E-state index is 0.195. The maximum Gasteiger partial charge on any atom is 0.410 e. The zero-order chi connectivity index (χ0) is 19.8. The summed E-state index contributed by atoms with van der Waals surface area (Å²) in [6.45, 7) is 11.0. The molecule has 0 radical (unpaired) electrons. The van der Waals surface area contributed by atoms with Crippen molar-refractivity contribution in [2.24, 2.45) is 0 Å². The molecule has 1 N–H and O–H groups in total. The minimum atomic E-state index is -0.485. The van der Waals surface area contributed by atoms with Crippen LogP contribution in [-0.2, 0) is 16.0 Å². The number of carbonyl (C=O) groups is 1. The zero-order valence-corrected chi connectivity index (χ0v) is 17.1. The third-order valence-corrected chi connectivity index (χ3v) is 4.62. The molecule has 0 saturated heterocycles. The molecular formula is C21H30N2O4. The Morgan fingerprint density at radius 1 is 1.30 bits per heavy atom. The summed E-state index contributed by atoms with van der Waals surface area (Å²) in [7, 11) is 1.61. The van der Waals surface area contributed by atoms with Crippen LogP contribution in [0.4, 0.5) is 10.5 Å². The summed E-state index contributed by atoms with van der Waals surface area (Å²) in [5.74, 6) is 0.923. The number of hydrogen-bond donors (Lipinski definition) is 1. The predicted octanol–water partition coefficient (Wildman–Crippen LogP) is 4.40.